The molecule has 0 spiro atoms. The average molecular weight is 85.0 g/mol. The van der Waals surface area contributed by atoms with E-state index in [1.165, 1.54) is 0 Å². The lowest BCUT2D eigenvalue weighted by molar-refractivity contribution is 1.93. The summed E-state index contributed by atoms with van der Waals surface area (Å²) in [4.78, 5) is 0. The van der Waals surface area contributed by atoms with Gasteiger partial charge in [-0.05, 0) is 0 Å². The molecule has 3 heteroatoms. The fourth-order valence-corrected chi connectivity index (χ4v) is 0. The average Bonchev–Trinajstić information content (AvgIpc) is 1.38. The van der Waals surface area contributed by atoms with Crippen LogP contribution in [0.25, 0.3) is 0 Å². The van der Waals surface area contributed by atoms with Gasteiger partial charge in [-0.1, -0.05) is 13.1 Å². The third-order valence-electron chi connectivity index (χ3n) is 0.333. The van der Waals surface area contributed by atoms with Gasteiger partial charge in [-0.15, -0.1) is 0 Å². The van der Waals surface area contributed by atoms with Crippen molar-refractivity contribution in [2.45, 2.75) is 13.1 Å². The molecule has 2 radical (unpaired) electrons. The molecule has 0 heterocycles. The van der Waals surface area contributed by atoms with Crippen LogP contribution < -0.4 is 5.64 Å². The summed E-state index contributed by atoms with van der Waals surface area (Å²) in [6, 6.07) is 0. The third kappa shape index (κ3) is 4.24. The Balaban J connectivity index is 2.54. The Bertz CT molecular complexity index is 23.6. The minimum atomic E-state index is -0.221. The molecule has 0 atom stereocenters. The molecule has 28 valence electrons. The predicted octanol–water partition coefficient (Wildman–Crippen LogP) is -0.185. The first-order valence-electron chi connectivity index (χ1n) is 1.62. The van der Waals surface area contributed by atoms with E-state index in [2.05, 4.69) is 13.1 Å². The Kier molecular flexibility index (Phi) is 2.60. The summed E-state index contributed by atoms with van der Waals surface area (Å²) in [7, 11) is 1.55. The van der Waals surface area contributed by atoms with Crippen molar-refractivity contribution >= 4 is 15.7 Å². The van der Waals surface area contributed by atoms with Crippen LogP contribution in [0.5, 0.6) is 0 Å². The Morgan fingerprint density at radius 3 is 1.80 bits per heavy atom. The molecule has 0 aromatic heterocycles. The Morgan fingerprint density at radius 1 is 1.60 bits per heavy atom. The standard InChI is InChI=1S/C2H8BNSi/c1-5(2)3-4/h4H2,1-2H3. The second-order valence-electron chi connectivity index (χ2n) is 1.24. The van der Waals surface area contributed by atoms with Crippen LogP contribution in [0.2, 0.25) is 13.1 Å². The number of hydrogen-bond donors (Lipinski definition) is 1. The van der Waals surface area contributed by atoms with Crippen molar-refractivity contribution in [3.05, 3.63) is 0 Å². The van der Waals surface area contributed by atoms with Gasteiger partial charge in [0, 0.05) is 8.67 Å². The molecule has 0 saturated heterocycles. The smallest absolute Gasteiger partial charge is 0.187 e. The fraction of sp³-hybridized carbons (Fsp3) is 1.00. The van der Waals surface area contributed by atoms with Gasteiger partial charge in [-0.2, -0.15) is 0 Å². The van der Waals surface area contributed by atoms with Crippen molar-refractivity contribution in [1.82, 2.24) is 0 Å². The Hall–Kier alpha value is 0.242. The van der Waals surface area contributed by atoms with Crippen LogP contribution in [0.3, 0.4) is 0 Å². The monoisotopic (exact) mass is 85.1 g/mol. The highest BCUT2D eigenvalue weighted by Gasteiger charge is 1.87. The van der Waals surface area contributed by atoms with Crippen LogP contribution in [-0.2, 0) is 0 Å². The van der Waals surface area contributed by atoms with Gasteiger partial charge in [0.05, 0.1) is 0 Å². The van der Waals surface area contributed by atoms with E-state index in [-0.39, 0.29) is 8.67 Å². The van der Waals surface area contributed by atoms with Gasteiger partial charge in [0.25, 0.3) is 0 Å². The SMILES string of the molecule is C[Si](C)[B]N. The number of hydrogen-bond acceptors (Lipinski definition) is 1. The second kappa shape index (κ2) is 2.48. The minimum absolute atomic E-state index is 0.221. The summed E-state index contributed by atoms with van der Waals surface area (Å²) in [6.07, 6.45) is 0. The van der Waals surface area contributed by atoms with Gasteiger partial charge in [0.15, 0.2) is 7.01 Å². The maximum atomic E-state index is 5.09. The first-order chi connectivity index (χ1) is 2.27. The molecule has 0 aromatic rings. The topological polar surface area (TPSA) is 26.0 Å². The highest BCUT2D eigenvalue weighted by Crippen LogP contribution is 1.64. The van der Waals surface area contributed by atoms with Crippen molar-refractivity contribution in [3.8, 4) is 0 Å². The molecule has 0 aliphatic rings. The van der Waals surface area contributed by atoms with E-state index in [4.69, 9.17) is 5.64 Å². The van der Waals surface area contributed by atoms with Crippen LogP contribution in [0.15, 0.2) is 0 Å². The third-order valence-corrected chi connectivity index (χ3v) is 1.00. The van der Waals surface area contributed by atoms with Crippen molar-refractivity contribution in [2.24, 2.45) is 5.64 Å². The number of nitrogens with two attached hydrogens (primary N) is 1. The van der Waals surface area contributed by atoms with Crippen molar-refractivity contribution < 1.29 is 0 Å². The molecule has 0 aliphatic heterocycles. The molecular formula is C2H8BNSi. The molecule has 1 nitrogen and oxygen atoms in total. The molecule has 5 heavy (non-hydrogen) atoms. The molecule has 0 amide bonds. The van der Waals surface area contributed by atoms with E-state index in [0.29, 0.717) is 0 Å². The molecule has 2 N–H and O–H groups in total. The molecule has 0 saturated carbocycles. The summed E-state index contributed by atoms with van der Waals surface area (Å²) in [5, 5.41) is 0. The van der Waals surface area contributed by atoms with E-state index < -0.39 is 0 Å². The molecule has 0 fully saturated rings. The molecule has 0 aromatic carbocycles. The van der Waals surface area contributed by atoms with E-state index >= 15 is 0 Å². The van der Waals surface area contributed by atoms with E-state index in [1.807, 2.05) is 0 Å². The molecule has 0 unspecified atom stereocenters. The van der Waals surface area contributed by atoms with Gasteiger partial charge in [-0.25, -0.2) is 0 Å². The van der Waals surface area contributed by atoms with Crippen molar-refractivity contribution in [1.29, 1.82) is 0 Å². The minimum Gasteiger partial charge on any atom is -0.377 e. The maximum Gasteiger partial charge on any atom is 0.187 e. The largest absolute Gasteiger partial charge is 0.377 e. The zero-order chi connectivity index (χ0) is 4.28. The van der Waals surface area contributed by atoms with Gasteiger partial charge in [0.1, 0.15) is 0 Å². The predicted molar refractivity (Wildman–Crippen MR) is 27.4 cm³/mol. The molecule has 0 bridgehead atoms. The Morgan fingerprint density at radius 2 is 1.80 bits per heavy atom. The fourth-order valence-electron chi connectivity index (χ4n) is 0. The van der Waals surface area contributed by atoms with Crippen molar-refractivity contribution in [2.75, 3.05) is 0 Å². The lowest BCUT2D eigenvalue weighted by Gasteiger charge is -1.85. The van der Waals surface area contributed by atoms with Crippen LogP contribution >= 0.6 is 0 Å². The highest BCUT2D eigenvalue weighted by molar-refractivity contribution is 7.09. The molecule has 0 rings (SSSR count). The lowest BCUT2D eigenvalue weighted by atomic mass is 10.5. The van der Waals surface area contributed by atoms with E-state index in [1.54, 1.807) is 7.01 Å². The van der Waals surface area contributed by atoms with Gasteiger partial charge in [-0.3, -0.25) is 0 Å². The first-order valence-corrected chi connectivity index (χ1v) is 4.20. The quantitative estimate of drug-likeness (QED) is 0.439. The summed E-state index contributed by atoms with van der Waals surface area (Å²) < 4.78 is 0. The highest BCUT2D eigenvalue weighted by atomic mass is 28.3. The van der Waals surface area contributed by atoms with E-state index in [9.17, 15) is 0 Å². The van der Waals surface area contributed by atoms with Crippen molar-refractivity contribution in [3.63, 3.8) is 0 Å². The summed E-state index contributed by atoms with van der Waals surface area (Å²) in [5.74, 6) is 0. The summed E-state index contributed by atoms with van der Waals surface area (Å²) in [5.41, 5.74) is 5.09. The normalized spacial score (nSPS) is 8.80. The van der Waals surface area contributed by atoms with Gasteiger partial charge in [0.2, 0.25) is 0 Å². The van der Waals surface area contributed by atoms with Crippen LogP contribution in [-0.4, -0.2) is 15.7 Å². The molecular weight excluding hydrogens is 76.9 g/mol. The van der Waals surface area contributed by atoms with Gasteiger partial charge < -0.3 is 5.64 Å². The lowest BCUT2D eigenvalue weighted by Crippen LogP contribution is -2.21. The second-order valence-corrected chi connectivity index (χ2v) is 3.73. The summed E-state index contributed by atoms with van der Waals surface area (Å²) in [6.45, 7) is 4.29. The van der Waals surface area contributed by atoms with Crippen LogP contribution in [0, 0.1) is 0 Å². The number of rotatable bonds is 1. The van der Waals surface area contributed by atoms with Crippen LogP contribution in [0.1, 0.15) is 0 Å². The maximum absolute atomic E-state index is 5.09. The summed E-state index contributed by atoms with van der Waals surface area (Å²) >= 11 is 0. The molecule has 0 aliphatic carbocycles. The zero-order valence-electron chi connectivity index (χ0n) is 3.65. The first kappa shape index (κ1) is 5.24. The van der Waals surface area contributed by atoms with Crippen LogP contribution in [0.4, 0.5) is 0 Å². The van der Waals surface area contributed by atoms with E-state index in [0.717, 1.165) is 0 Å². The Labute approximate surface area is 35.4 Å². The van der Waals surface area contributed by atoms with Gasteiger partial charge >= 0.3 is 0 Å². The zero-order valence-corrected chi connectivity index (χ0v) is 4.65.